The smallest absolute Gasteiger partial charge is 0.331 e. The van der Waals surface area contributed by atoms with Crippen LogP contribution in [0, 0.1) is 5.41 Å². The summed E-state index contributed by atoms with van der Waals surface area (Å²) in [5.41, 5.74) is 2.47. The van der Waals surface area contributed by atoms with Gasteiger partial charge in [0.25, 0.3) is 0 Å². The minimum atomic E-state index is -0.828. The number of aliphatic carboxylic acids is 1. The molecule has 1 aromatic rings. The highest BCUT2D eigenvalue weighted by Gasteiger charge is 2.22. The molecule has 0 bridgehead atoms. The summed E-state index contributed by atoms with van der Waals surface area (Å²) in [6.45, 7) is 7.85. The topological polar surface area (TPSA) is 37.3 Å². The molecule has 2 heteroatoms. The highest BCUT2D eigenvalue weighted by molar-refractivity contribution is 5.87. The second-order valence-electron chi connectivity index (χ2n) is 5.32. The Morgan fingerprint density at radius 1 is 1.18 bits per heavy atom. The van der Waals surface area contributed by atoms with Crippen molar-refractivity contribution in [3.8, 4) is 0 Å². The molecule has 0 aliphatic carbocycles. The van der Waals surface area contributed by atoms with Crippen LogP contribution in [-0.2, 0) is 11.2 Å². The van der Waals surface area contributed by atoms with E-state index in [1.54, 1.807) is 6.92 Å². The molecule has 1 N–H and O–H groups in total. The lowest BCUT2D eigenvalue weighted by Gasteiger charge is -2.25. The molecule has 0 amide bonds. The first-order valence-electron chi connectivity index (χ1n) is 5.80. The quantitative estimate of drug-likeness (QED) is 0.807. The van der Waals surface area contributed by atoms with Gasteiger partial charge in [0.05, 0.1) is 0 Å². The van der Waals surface area contributed by atoms with Gasteiger partial charge in [0.15, 0.2) is 0 Å². The van der Waals surface area contributed by atoms with E-state index in [4.69, 9.17) is 5.11 Å². The normalized spacial score (nSPS) is 13.2. The second-order valence-corrected chi connectivity index (χ2v) is 5.32. The fraction of sp³-hybridized carbons (Fsp3) is 0.400. The SMILES string of the molecule is C/C(C(=O)O)=C(/Cc1ccccc1)C(C)(C)C. The van der Waals surface area contributed by atoms with Crippen LogP contribution in [0.2, 0.25) is 0 Å². The van der Waals surface area contributed by atoms with Gasteiger partial charge >= 0.3 is 5.97 Å². The molecule has 0 fully saturated rings. The molecule has 0 atom stereocenters. The molecule has 0 aliphatic heterocycles. The third-order valence-corrected chi connectivity index (χ3v) is 2.90. The van der Waals surface area contributed by atoms with Crippen LogP contribution in [0.3, 0.4) is 0 Å². The molecular formula is C15H20O2. The second kappa shape index (κ2) is 5.17. The molecule has 0 saturated carbocycles. The Bertz CT molecular complexity index is 422. The van der Waals surface area contributed by atoms with E-state index < -0.39 is 5.97 Å². The van der Waals surface area contributed by atoms with Gasteiger partial charge in [-0.25, -0.2) is 4.79 Å². The van der Waals surface area contributed by atoms with E-state index in [0.29, 0.717) is 12.0 Å². The average Bonchev–Trinajstić information content (AvgIpc) is 2.24. The number of carboxylic acids is 1. The molecule has 1 rings (SSSR count). The van der Waals surface area contributed by atoms with Crippen molar-refractivity contribution in [1.29, 1.82) is 0 Å². The number of allylic oxidation sites excluding steroid dienone is 1. The van der Waals surface area contributed by atoms with Crippen LogP contribution < -0.4 is 0 Å². The number of carbonyl (C=O) groups is 1. The summed E-state index contributed by atoms with van der Waals surface area (Å²) >= 11 is 0. The predicted octanol–water partition coefficient (Wildman–Crippen LogP) is 3.68. The highest BCUT2D eigenvalue weighted by Crippen LogP contribution is 2.31. The molecule has 0 heterocycles. The molecule has 0 radical (unpaired) electrons. The van der Waals surface area contributed by atoms with Crippen molar-refractivity contribution >= 4 is 5.97 Å². The monoisotopic (exact) mass is 232 g/mol. The van der Waals surface area contributed by atoms with E-state index in [1.807, 2.05) is 30.3 Å². The number of hydrogen-bond acceptors (Lipinski definition) is 1. The van der Waals surface area contributed by atoms with Crippen molar-refractivity contribution in [3.63, 3.8) is 0 Å². The molecule has 0 unspecified atom stereocenters. The molecule has 92 valence electrons. The van der Waals surface area contributed by atoms with Gasteiger partial charge in [0.2, 0.25) is 0 Å². The molecule has 0 aliphatic rings. The average molecular weight is 232 g/mol. The number of benzene rings is 1. The van der Waals surface area contributed by atoms with Crippen LogP contribution in [0.15, 0.2) is 41.5 Å². The maximum atomic E-state index is 11.1. The first-order valence-corrected chi connectivity index (χ1v) is 5.80. The van der Waals surface area contributed by atoms with Gasteiger partial charge in [-0.05, 0) is 24.3 Å². The Kier molecular flexibility index (Phi) is 4.11. The fourth-order valence-corrected chi connectivity index (χ4v) is 1.89. The number of hydrogen-bond donors (Lipinski definition) is 1. The standard InChI is InChI=1S/C15H20O2/c1-11(14(16)17)13(15(2,3)4)10-12-8-6-5-7-9-12/h5-9H,10H2,1-4H3,(H,16,17)/b13-11+. The Morgan fingerprint density at radius 2 is 1.71 bits per heavy atom. The van der Waals surface area contributed by atoms with Crippen LogP contribution in [-0.4, -0.2) is 11.1 Å². The summed E-state index contributed by atoms with van der Waals surface area (Å²) in [6.07, 6.45) is 0.697. The van der Waals surface area contributed by atoms with Crippen molar-refractivity contribution in [2.45, 2.75) is 34.1 Å². The molecule has 0 spiro atoms. The van der Waals surface area contributed by atoms with Gasteiger partial charge in [0, 0.05) is 5.57 Å². The van der Waals surface area contributed by atoms with E-state index in [-0.39, 0.29) is 5.41 Å². The Labute approximate surface area is 103 Å². The van der Waals surface area contributed by atoms with E-state index in [0.717, 1.165) is 11.1 Å². The fourth-order valence-electron chi connectivity index (χ4n) is 1.89. The summed E-state index contributed by atoms with van der Waals surface area (Å²) in [4.78, 5) is 11.1. The zero-order valence-electron chi connectivity index (χ0n) is 10.9. The number of carboxylic acid groups (broad SMARTS) is 1. The van der Waals surface area contributed by atoms with Gasteiger partial charge in [-0.15, -0.1) is 0 Å². The van der Waals surface area contributed by atoms with Crippen LogP contribution in [0.25, 0.3) is 0 Å². The minimum absolute atomic E-state index is 0.127. The highest BCUT2D eigenvalue weighted by atomic mass is 16.4. The summed E-state index contributed by atoms with van der Waals surface area (Å²) in [5.74, 6) is -0.828. The lowest BCUT2D eigenvalue weighted by molar-refractivity contribution is -0.132. The molecule has 0 saturated heterocycles. The lowest BCUT2D eigenvalue weighted by atomic mass is 9.80. The van der Waals surface area contributed by atoms with Crippen molar-refractivity contribution in [1.82, 2.24) is 0 Å². The van der Waals surface area contributed by atoms with E-state index >= 15 is 0 Å². The van der Waals surface area contributed by atoms with Crippen molar-refractivity contribution in [2.24, 2.45) is 5.41 Å². The van der Waals surface area contributed by atoms with E-state index in [1.165, 1.54) is 0 Å². The lowest BCUT2D eigenvalue weighted by Crippen LogP contribution is -2.17. The third kappa shape index (κ3) is 3.74. The predicted molar refractivity (Wildman–Crippen MR) is 69.9 cm³/mol. The van der Waals surface area contributed by atoms with Crippen LogP contribution in [0.4, 0.5) is 0 Å². The van der Waals surface area contributed by atoms with Gasteiger partial charge in [-0.2, -0.15) is 0 Å². The maximum Gasteiger partial charge on any atom is 0.331 e. The van der Waals surface area contributed by atoms with E-state index in [2.05, 4.69) is 20.8 Å². The summed E-state index contributed by atoms with van der Waals surface area (Å²) < 4.78 is 0. The Balaban J connectivity index is 3.11. The zero-order chi connectivity index (χ0) is 13.1. The number of rotatable bonds is 3. The van der Waals surface area contributed by atoms with Gasteiger partial charge in [-0.3, -0.25) is 0 Å². The van der Waals surface area contributed by atoms with Crippen LogP contribution in [0.5, 0.6) is 0 Å². The molecular weight excluding hydrogens is 212 g/mol. The van der Waals surface area contributed by atoms with Gasteiger partial charge in [-0.1, -0.05) is 56.7 Å². The summed E-state index contributed by atoms with van der Waals surface area (Å²) in [7, 11) is 0. The van der Waals surface area contributed by atoms with Crippen LogP contribution in [0.1, 0.15) is 33.3 Å². The molecule has 17 heavy (non-hydrogen) atoms. The summed E-state index contributed by atoms with van der Waals surface area (Å²) in [6, 6.07) is 9.98. The molecule has 1 aromatic carbocycles. The van der Waals surface area contributed by atoms with Crippen molar-refractivity contribution in [3.05, 3.63) is 47.0 Å². The largest absolute Gasteiger partial charge is 0.478 e. The van der Waals surface area contributed by atoms with E-state index in [9.17, 15) is 4.79 Å². The maximum absolute atomic E-state index is 11.1. The van der Waals surface area contributed by atoms with Crippen molar-refractivity contribution < 1.29 is 9.90 Å². The van der Waals surface area contributed by atoms with Crippen molar-refractivity contribution in [2.75, 3.05) is 0 Å². The van der Waals surface area contributed by atoms with Gasteiger partial charge in [0.1, 0.15) is 0 Å². The minimum Gasteiger partial charge on any atom is -0.478 e. The van der Waals surface area contributed by atoms with Gasteiger partial charge < -0.3 is 5.11 Å². The first kappa shape index (κ1) is 13.5. The molecule has 0 aromatic heterocycles. The summed E-state index contributed by atoms with van der Waals surface area (Å²) in [5, 5.41) is 9.14. The first-order chi connectivity index (χ1) is 7.82. The molecule has 2 nitrogen and oxygen atoms in total. The Hall–Kier alpha value is -1.57. The Morgan fingerprint density at radius 3 is 2.12 bits per heavy atom. The zero-order valence-corrected chi connectivity index (χ0v) is 10.9. The third-order valence-electron chi connectivity index (χ3n) is 2.90. The van der Waals surface area contributed by atoms with Crippen LogP contribution >= 0.6 is 0 Å².